The minimum Gasteiger partial charge on any atom is -0.504 e. The highest BCUT2D eigenvalue weighted by molar-refractivity contribution is 5.85. The van der Waals surface area contributed by atoms with E-state index < -0.39 is 24.1 Å². The Balaban J connectivity index is 1.79. The largest absolute Gasteiger partial charge is 0.504 e. The summed E-state index contributed by atoms with van der Waals surface area (Å²) in [7, 11) is 1.42. The first-order valence-corrected chi connectivity index (χ1v) is 9.02. The molecule has 0 saturated carbocycles. The molecule has 2 aromatic rings. The van der Waals surface area contributed by atoms with Crippen LogP contribution in [0.1, 0.15) is 18.6 Å². The molecule has 0 spiro atoms. The van der Waals surface area contributed by atoms with E-state index in [0.29, 0.717) is 22.7 Å². The number of hydrogen-bond acceptors (Lipinski definition) is 7. The van der Waals surface area contributed by atoms with Gasteiger partial charge in [-0.25, -0.2) is 9.59 Å². The lowest BCUT2D eigenvalue weighted by molar-refractivity contribution is -0.131. The van der Waals surface area contributed by atoms with E-state index in [4.69, 9.17) is 24.1 Å². The third kappa shape index (κ3) is 4.93. The van der Waals surface area contributed by atoms with E-state index >= 15 is 0 Å². The predicted octanol–water partition coefficient (Wildman–Crippen LogP) is 3.70. The highest BCUT2D eigenvalue weighted by Gasteiger charge is 2.24. The number of benzene rings is 2. The molecule has 2 aromatic carbocycles. The van der Waals surface area contributed by atoms with Gasteiger partial charge in [-0.1, -0.05) is 19.1 Å². The maximum absolute atomic E-state index is 12.5. The molecule has 30 heavy (non-hydrogen) atoms. The highest BCUT2D eigenvalue weighted by Crippen LogP contribution is 2.36. The van der Waals surface area contributed by atoms with Crippen LogP contribution in [0.2, 0.25) is 0 Å². The lowest BCUT2D eigenvalue weighted by Crippen LogP contribution is -2.21. The number of carbonyl (C=O) groups is 2. The summed E-state index contributed by atoms with van der Waals surface area (Å²) in [6.45, 7) is 1.80. The van der Waals surface area contributed by atoms with Crippen LogP contribution in [0.3, 0.4) is 0 Å². The molecule has 0 aliphatic carbocycles. The van der Waals surface area contributed by atoms with Crippen LogP contribution in [0.5, 0.6) is 23.0 Å². The molecule has 2 atom stereocenters. The number of rotatable bonds is 7. The number of fused-ring (bicyclic) bond motifs is 1. The Morgan fingerprint density at radius 2 is 1.93 bits per heavy atom. The Bertz CT molecular complexity index is 971. The second-order valence-corrected chi connectivity index (χ2v) is 6.51. The quantitative estimate of drug-likeness (QED) is 0.585. The zero-order valence-corrected chi connectivity index (χ0v) is 16.3. The first-order chi connectivity index (χ1) is 14.4. The van der Waals surface area contributed by atoms with Crippen LogP contribution in [0.25, 0.3) is 0 Å². The Morgan fingerprint density at radius 3 is 2.63 bits per heavy atom. The number of ether oxygens (including phenoxy) is 4. The van der Waals surface area contributed by atoms with Crippen LogP contribution < -0.4 is 19.5 Å². The van der Waals surface area contributed by atoms with E-state index in [2.05, 4.69) is 5.32 Å². The molecule has 158 valence electrons. The number of carbonyl (C=O) groups excluding carboxylic acids is 1. The van der Waals surface area contributed by atoms with Crippen molar-refractivity contribution in [1.82, 2.24) is 0 Å². The maximum Gasteiger partial charge on any atom is 0.412 e. The van der Waals surface area contributed by atoms with Crippen molar-refractivity contribution in [2.24, 2.45) is 5.92 Å². The van der Waals surface area contributed by atoms with Crippen molar-refractivity contribution in [3.63, 3.8) is 0 Å². The third-order valence-electron chi connectivity index (χ3n) is 4.40. The van der Waals surface area contributed by atoms with Gasteiger partial charge in [-0.2, -0.15) is 0 Å². The average Bonchev–Trinajstić information content (AvgIpc) is 3.18. The Hall–Kier alpha value is -3.88. The lowest BCUT2D eigenvalue weighted by atomic mass is 9.96. The fourth-order valence-electron chi connectivity index (χ4n) is 2.93. The van der Waals surface area contributed by atoms with Crippen LogP contribution in [0, 0.1) is 5.92 Å². The number of phenolic OH excluding ortho intramolecular Hbond substituents is 1. The lowest BCUT2D eigenvalue weighted by Gasteiger charge is -2.23. The molecule has 3 rings (SSSR count). The van der Waals surface area contributed by atoms with Gasteiger partial charge in [0.15, 0.2) is 23.0 Å². The van der Waals surface area contributed by atoms with Crippen LogP contribution in [-0.2, 0) is 9.53 Å². The first-order valence-electron chi connectivity index (χ1n) is 9.02. The van der Waals surface area contributed by atoms with E-state index in [9.17, 15) is 14.7 Å². The molecule has 0 unspecified atom stereocenters. The van der Waals surface area contributed by atoms with Crippen LogP contribution in [0.4, 0.5) is 10.5 Å². The number of carboxylic acid groups (broad SMARTS) is 1. The average molecular weight is 415 g/mol. The van der Waals surface area contributed by atoms with E-state index in [0.717, 1.165) is 6.08 Å². The second-order valence-electron chi connectivity index (χ2n) is 6.51. The third-order valence-corrected chi connectivity index (χ3v) is 4.40. The molecule has 3 N–H and O–H groups in total. The number of phenols is 1. The topological polar surface area (TPSA) is 124 Å². The molecule has 0 radical (unpaired) electrons. The van der Waals surface area contributed by atoms with Gasteiger partial charge in [-0.3, -0.25) is 5.32 Å². The van der Waals surface area contributed by atoms with Crippen LogP contribution >= 0.6 is 0 Å². The Labute approximate surface area is 172 Å². The monoisotopic (exact) mass is 415 g/mol. The van der Waals surface area contributed by atoms with E-state index in [1.807, 2.05) is 0 Å². The fourth-order valence-corrected chi connectivity index (χ4v) is 2.93. The number of aliphatic carboxylic acids is 1. The second kappa shape index (κ2) is 9.08. The van der Waals surface area contributed by atoms with E-state index in [1.165, 1.54) is 25.3 Å². The number of anilines is 1. The molecule has 1 aliphatic heterocycles. The smallest absolute Gasteiger partial charge is 0.412 e. The number of aromatic hydroxyl groups is 1. The summed E-state index contributed by atoms with van der Waals surface area (Å²) in [5, 5.41) is 21.6. The molecule has 1 aliphatic rings. The maximum atomic E-state index is 12.5. The molecular formula is C21H21NO8. The zero-order chi connectivity index (χ0) is 21.7. The number of hydrogen-bond donors (Lipinski definition) is 3. The zero-order valence-electron chi connectivity index (χ0n) is 16.3. The SMILES string of the molecule is COc1ccc([C@H](OC(=O)Nc2ccc3c(c2)OCO3)[C@H](C)/C=C/C(=O)O)cc1O. The van der Waals surface area contributed by atoms with Gasteiger partial charge in [0.25, 0.3) is 0 Å². The molecular weight excluding hydrogens is 394 g/mol. The van der Waals surface area contributed by atoms with Crippen LogP contribution in [0.15, 0.2) is 48.6 Å². The summed E-state index contributed by atoms with van der Waals surface area (Å²) in [6.07, 6.45) is 0.749. The molecule has 0 aromatic heterocycles. The molecule has 0 bridgehead atoms. The van der Waals surface area contributed by atoms with Gasteiger partial charge in [-0.15, -0.1) is 0 Å². The van der Waals surface area contributed by atoms with Gasteiger partial charge in [-0.05, 0) is 29.8 Å². The Kier molecular flexibility index (Phi) is 6.31. The van der Waals surface area contributed by atoms with Crippen molar-refractivity contribution < 1.29 is 38.7 Å². The molecule has 0 saturated heterocycles. The van der Waals surface area contributed by atoms with Crippen molar-refractivity contribution in [1.29, 1.82) is 0 Å². The van der Waals surface area contributed by atoms with Gasteiger partial charge in [0, 0.05) is 23.7 Å². The molecule has 9 nitrogen and oxygen atoms in total. The molecule has 0 fully saturated rings. The van der Waals surface area contributed by atoms with Crippen molar-refractivity contribution in [3.8, 4) is 23.0 Å². The van der Waals surface area contributed by atoms with Gasteiger partial charge < -0.3 is 29.2 Å². The predicted molar refractivity (Wildman–Crippen MR) is 106 cm³/mol. The fraction of sp³-hybridized carbons (Fsp3) is 0.238. The standard InChI is InChI=1S/C21H21NO8/c1-12(3-8-19(24)25)20(13-4-6-16(27-2)15(23)9-13)30-21(26)22-14-5-7-17-18(10-14)29-11-28-17/h3-10,12,20,23H,11H2,1-2H3,(H,22,26)(H,24,25)/b8-3+/t12-,20-/m1/s1. The van der Waals surface area contributed by atoms with Gasteiger partial charge >= 0.3 is 12.1 Å². The number of nitrogens with one attached hydrogen (secondary N) is 1. The van der Waals surface area contributed by atoms with Crippen molar-refractivity contribution in [3.05, 3.63) is 54.1 Å². The summed E-state index contributed by atoms with van der Waals surface area (Å²) < 4.78 is 21.1. The van der Waals surface area contributed by atoms with Crippen molar-refractivity contribution in [2.75, 3.05) is 19.2 Å². The van der Waals surface area contributed by atoms with Crippen molar-refractivity contribution >= 4 is 17.7 Å². The number of carboxylic acids is 1. The molecule has 1 heterocycles. The van der Waals surface area contributed by atoms with Crippen LogP contribution in [-0.4, -0.2) is 36.2 Å². The summed E-state index contributed by atoms with van der Waals surface area (Å²) in [5.74, 6) is -0.417. The number of amides is 1. The normalized spacial score (nSPS) is 14.2. The minimum absolute atomic E-state index is 0.111. The van der Waals surface area contributed by atoms with E-state index in [-0.39, 0.29) is 18.3 Å². The highest BCUT2D eigenvalue weighted by atomic mass is 16.7. The first kappa shape index (κ1) is 20.8. The van der Waals surface area contributed by atoms with Crippen molar-refractivity contribution in [2.45, 2.75) is 13.0 Å². The molecule has 1 amide bonds. The molecule has 9 heteroatoms. The van der Waals surface area contributed by atoms with E-state index in [1.54, 1.807) is 31.2 Å². The summed E-state index contributed by atoms with van der Waals surface area (Å²) >= 11 is 0. The Morgan fingerprint density at radius 1 is 1.17 bits per heavy atom. The minimum atomic E-state index is -1.12. The summed E-state index contributed by atoms with van der Waals surface area (Å²) in [5.41, 5.74) is 0.908. The van der Waals surface area contributed by atoms with Gasteiger partial charge in [0.2, 0.25) is 6.79 Å². The summed E-state index contributed by atoms with van der Waals surface area (Å²) in [4.78, 5) is 23.4. The van der Waals surface area contributed by atoms with Gasteiger partial charge in [0.05, 0.1) is 7.11 Å². The number of methoxy groups -OCH3 is 1. The summed E-state index contributed by atoms with van der Waals surface area (Å²) in [6, 6.07) is 9.46. The van der Waals surface area contributed by atoms with Gasteiger partial charge in [0.1, 0.15) is 6.10 Å².